The standard InChI is InChI=1S/C11H15ClO3S/c1-15-7-2-3-9(12)8(6-7)11(14)10(13)4-5-16/h2-3,6,10-11,13-14,16H,4-5H2,1H3. The number of thiol groups is 1. The molecule has 0 saturated heterocycles. The first-order valence-corrected chi connectivity index (χ1v) is 5.91. The number of hydrogen-bond acceptors (Lipinski definition) is 4. The maximum absolute atomic E-state index is 9.90. The summed E-state index contributed by atoms with van der Waals surface area (Å²) in [5.74, 6) is 1.09. The van der Waals surface area contributed by atoms with Gasteiger partial charge in [0, 0.05) is 10.6 Å². The number of rotatable bonds is 5. The molecule has 0 saturated carbocycles. The van der Waals surface area contributed by atoms with Gasteiger partial charge in [0.15, 0.2) is 0 Å². The molecule has 1 aromatic carbocycles. The van der Waals surface area contributed by atoms with Crippen LogP contribution < -0.4 is 4.74 Å². The van der Waals surface area contributed by atoms with Crippen molar-refractivity contribution in [1.82, 2.24) is 0 Å². The third kappa shape index (κ3) is 3.28. The molecule has 0 amide bonds. The SMILES string of the molecule is COc1ccc(Cl)c(C(O)C(O)CCS)c1. The molecular formula is C11H15ClO3S. The second kappa shape index (κ2) is 6.35. The zero-order valence-electron chi connectivity index (χ0n) is 8.93. The molecule has 5 heteroatoms. The molecule has 2 unspecified atom stereocenters. The lowest BCUT2D eigenvalue weighted by Gasteiger charge is -2.19. The van der Waals surface area contributed by atoms with E-state index in [0.717, 1.165) is 0 Å². The van der Waals surface area contributed by atoms with Gasteiger partial charge in [-0.1, -0.05) is 11.6 Å². The fourth-order valence-electron chi connectivity index (χ4n) is 1.37. The molecule has 90 valence electrons. The highest BCUT2D eigenvalue weighted by atomic mass is 35.5. The predicted octanol–water partition coefficient (Wildman–Crippen LogP) is 2.06. The van der Waals surface area contributed by atoms with E-state index in [-0.39, 0.29) is 0 Å². The monoisotopic (exact) mass is 262 g/mol. The van der Waals surface area contributed by atoms with Gasteiger partial charge in [0.2, 0.25) is 0 Å². The Morgan fingerprint density at radius 2 is 2.12 bits per heavy atom. The van der Waals surface area contributed by atoms with Gasteiger partial charge in [-0.15, -0.1) is 0 Å². The molecule has 0 fully saturated rings. The van der Waals surface area contributed by atoms with Crippen LogP contribution in [0.25, 0.3) is 0 Å². The van der Waals surface area contributed by atoms with E-state index < -0.39 is 12.2 Å². The lowest BCUT2D eigenvalue weighted by Crippen LogP contribution is -2.19. The number of methoxy groups -OCH3 is 1. The van der Waals surface area contributed by atoms with Crippen LogP contribution in [-0.2, 0) is 0 Å². The summed E-state index contributed by atoms with van der Waals surface area (Å²) in [6, 6.07) is 4.95. The van der Waals surface area contributed by atoms with Crippen molar-refractivity contribution >= 4 is 24.2 Å². The highest BCUT2D eigenvalue weighted by Crippen LogP contribution is 2.30. The fourth-order valence-corrected chi connectivity index (χ4v) is 1.87. The van der Waals surface area contributed by atoms with Gasteiger partial charge in [-0.3, -0.25) is 0 Å². The van der Waals surface area contributed by atoms with Gasteiger partial charge in [0.05, 0.1) is 13.2 Å². The smallest absolute Gasteiger partial charge is 0.119 e. The summed E-state index contributed by atoms with van der Waals surface area (Å²) in [5, 5.41) is 20.0. The third-order valence-corrected chi connectivity index (χ3v) is 2.91. The molecule has 3 nitrogen and oxygen atoms in total. The lowest BCUT2D eigenvalue weighted by atomic mass is 10.0. The van der Waals surface area contributed by atoms with Crippen molar-refractivity contribution in [3.05, 3.63) is 28.8 Å². The Morgan fingerprint density at radius 3 is 2.69 bits per heavy atom. The highest BCUT2D eigenvalue weighted by molar-refractivity contribution is 7.80. The van der Waals surface area contributed by atoms with E-state index in [1.54, 1.807) is 18.2 Å². The van der Waals surface area contributed by atoms with Crippen LogP contribution >= 0.6 is 24.2 Å². The minimum absolute atomic E-state index is 0.401. The number of aliphatic hydroxyl groups is 2. The summed E-state index contributed by atoms with van der Waals surface area (Å²) < 4.78 is 5.03. The van der Waals surface area contributed by atoms with Crippen LogP contribution in [0.3, 0.4) is 0 Å². The quantitative estimate of drug-likeness (QED) is 0.712. The Labute approximate surface area is 105 Å². The van der Waals surface area contributed by atoms with Crippen molar-refractivity contribution in [1.29, 1.82) is 0 Å². The van der Waals surface area contributed by atoms with Crippen molar-refractivity contribution in [3.8, 4) is 5.75 Å². The minimum atomic E-state index is -1.02. The molecule has 0 heterocycles. The van der Waals surface area contributed by atoms with Crippen LogP contribution in [0.4, 0.5) is 0 Å². The molecule has 0 radical (unpaired) electrons. The zero-order valence-corrected chi connectivity index (χ0v) is 10.6. The molecule has 0 aromatic heterocycles. The summed E-state index contributed by atoms with van der Waals surface area (Å²) in [4.78, 5) is 0. The molecule has 0 aliphatic heterocycles. The van der Waals surface area contributed by atoms with E-state index >= 15 is 0 Å². The summed E-state index contributed by atoms with van der Waals surface area (Å²) in [5.41, 5.74) is 0.468. The molecule has 16 heavy (non-hydrogen) atoms. The van der Waals surface area contributed by atoms with Crippen molar-refractivity contribution in [2.24, 2.45) is 0 Å². The first-order valence-electron chi connectivity index (χ1n) is 4.90. The van der Waals surface area contributed by atoms with Crippen LogP contribution in [0.5, 0.6) is 5.75 Å². The molecule has 2 N–H and O–H groups in total. The van der Waals surface area contributed by atoms with Gasteiger partial charge >= 0.3 is 0 Å². The summed E-state index contributed by atoms with van der Waals surface area (Å²) >= 11 is 9.95. The Kier molecular flexibility index (Phi) is 5.41. The van der Waals surface area contributed by atoms with Gasteiger partial charge in [-0.2, -0.15) is 12.6 Å². The Bertz CT molecular complexity index is 346. The molecule has 1 rings (SSSR count). The normalized spacial score (nSPS) is 14.6. The van der Waals surface area contributed by atoms with Gasteiger partial charge in [0.1, 0.15) is 11.9 Å². The van der Waals surface area contributed by atoms with E-state index in [1.807, 2.05) is 0 Å². The van der Waals surface area contributed by atoms with Crippen LogP contribution in [0.2, 0.25) is 5.02 Å². The van der Waals surface area contributed by atoms with Crippen LogP contribution in [-0.4, -0.2) is 29.2 Å². The van der Waals surface area contributed by atoms with Crippen LogP contribution in [0, 0.1) is 0 Å². The Balaban J connectivity index is 2.92. The first-order chi connectivity index (χ1) is 7.60. The average molecular weight is 263 g/mol. The number of halogens is 1. The third-order valence-electron chi connectivity index (χ3n) is 2.31. The predicted molar refractivity (Wildman–Crippen MR) is 67.4 cm³/mol. The number of hydrogen-bond donors (Lipinski definition) is 3. The fraction of sp³-hybridized carbons (Fsp3) is 0.455. The zero-order chi connectivity index (χ0) is 12.1. The molecule has 0 bridgehead atoms. The largest absolute Gasteiger partial charge is 0.497 e. The van der Waals surface area contributed by atoms with E-state index in [4.69, 9.17) is 16.3 Å². The number of ether oxygens (including phenoxy) is 1. The molecule has 0 aliphatic rings. The van der Waals surface area contributed by atoms with E-state index in [0.29, 0.717) is 28.5 Å². The second-order valence-electron chi connectivity index (χ2n) is 3.41. The molecule has 2 atom stereocenters. The summed E-state index contributed by atoms with van der Waals surface area (Å²) in [6.45, 7) is 0. The highest BCUT2D eigenvalue weighted by Gasteiger charge is 2.20. The first kappa shape index (κ1) is 13.6. The van der Waals surface area contributed by atoms with Crippen LogP contribution in [0.15, 0.2) is 18.2 Å². The minimum Gasteiger partial charge on any atom is -0.497 e. The van der Waals surface area contributed by atoms with Gasteiger partial charge in [-0.25, -0.2) is 0 Å². The van der Waals surface area contributed by atoms with Gasteiger partial charge < -0.3 is 14.9 Å². The Hall–Kier alpha value is -0.420. The second-order valence-corrected chi connectivity index (χ2v) is 4.27. The van der Waals surface area contributed by atoms with Crippen molar-refractivity contribution in [2.75, 3.05) is 12.9 Å². The van der Waals surface area contributed by atoms with E-state index in [9.17, 15) is 10.2 Å². The van der Waals surface area contributed by atoms with Gasteiger partial charge in [-0.05, 0) is 30.4 Å². The van der Waals surface area contributed by atoms with Gasteiger partial charge in [0.25, 0.3) is 0 Å². The van der Waals surface area contributed by atoms with Crippen molar-refractivity contribution in [2.45, 2.75) is 18.6 Å². The maximum Gasteiger partial charge on any atom is 0.119 e. The van der Waals surface area contributed by atoms with Crippen molar-refractivity contribution < 1.29 is 14.9 Å². The summed E-state index contributed by atoms with van der Waals surface area (Å²) in [7, 11) is 1.53. The molecular weight excluding hydrogens is 248 g/mol. The van der Waals surface area contributed by atoms with Crippen LogP contribution in [0.1, 0.15) is 18.1 Å². The molecule has 0 aliphatic carbocycles. The average Bonchev–Trinajstić information content (AvgIpc) is 2.29. The van der Waals surface area contributed by atoms with Crippen molar-refractivity contribution in [3.63, 3.8) is 0 Å². The van der Waals surface area contributed by atoms with E-state index in [1.165, 1.54) is 7.11 Å². The molecule has 0 spiro atoms. The lowest BCUT2D eigenvalue weighted by molar-refractivity contribution is 0.0172. The number of benzene rings is 1. The summed E-state index contributed by atoms with van der Waals surface area (Å²) in [6.07, 6.45) is -1.49. The maximum atomic E-state index is 9.90. The number of aliphatic hydroxyl groups excluding tert-OH is 2. The topological polar surface area (TPSA) is 49.7 Å². The Morgan fingerprint density at radius 1 is 1.44 bits per heavy atom. The molecule has 1 aromatic rings. The van der Waals surface area contributed by atoms with E-state index in [2.05, 4.69) is 12.6 Å².